The molecule has 2 unspecified atom stereocenters. The van der Waals surface area contributed by atoms with Crippen molar-refractivity contribution >= 4 is 23.4 Å². The second kappa shape index (κ2) is 7.19. The number of carbonyl (C=O) groups excluding carboxylic acids is 3. The first-order chi connectivity index (χ1) is 13.1. The van der Waals surface area contributed by atoms with Crippen molar-refractivity contribution in [2.45, 2.75) is 19.4 Å². The van der Waals surface area contributed by atoms with Gasteiger partial charge in [-0.05, 0) is 36.6 Å². The van der Waals surface area contributed by atoms with Crippen molar-refractivity contribution in [3.63, 3.8) is 0 Å². The molecule has 1 saturated heterocycles. The maximum absolute atomic E-state index is 12.5. The fourth-order valence-corrected chi connectivity index (χ4v) is 3.70. The average Bonchev–Trinajstić information content (AvgIpc) is 3.25. The maximum atomic E-state index is 12.5. The summed E-state index contributed by atoms with van der Waals surface area (Å²) < 4.78 is 1.79. The van der Waals surface area contributed by atoms with Gasteiger partial charge in [0.1, 0.15) is 6.54 Å². The molecule has 3 amide bonds. The quantitative estimate of drug-likeness (QED) is 0.648. The zero-order valence-corrected chi connectivity index (χ0v) is 14.7. The normalized spacial score (nSPS) is 21.4. The molecule has 2 aliphatic rings. The number of likely N-dealkylation sites (tertiary alicyclic amines) is 1. The largest absolute Gasteiger partial charge is 0.325 e. The molecule has 27 heavy (non-hydrogen) atoms. The van der Waals surface area contributed by atoms with E-state index >= 15 is 0 Å². The molecule has 0 saturated carbocycles. The lowest BCUT2D eigenvalue weighted by atomic mass is 9.85. The number of nitrogens with one attached hydrogen (secondary N) is 1. The average molecular weight is 364 g/mol. The molecule has 1 N–H and O–H groups in total. The van der Waals surface area contributed by atoms with Gasteiger partial charge >= 0.3 is 0 Å². The summed E-state index contributed by atoms with van der Waals surface area (Å²) in [5, 5.41) is 6.95. The number of amides is 3. The molecule has 2 aromatic rings. The van der Waals surface area contributed by atoms with Gasteiger partial charge in [-0.1, -0.05) is 24.3 Å². The highest BCUT2D eigenvalue weighted by Crippen LogP contribution is 2.34. The Balaban J connectivity index is 1.40. The zero-order chi connectivity index (χ0) is 18.8. The maximum Gasteiger partial charge on any atom is 0.244 e. The standard InChI is InChI=1S/C20H20N4O3/c25-18(13-24-19(26)16-7-1-2-8-17(16)20(24)27)22-15-6-3-5-14(11-15)12-23-10-4-9-21-23/h1-6,9-11,16-17H,7-8,12-13H2,(H,22,25). The van der Waals surface area contributed by atoms with Crippen molar-refractivity contribution in [3.8, 4) is 0 Å². The Kier molecular flexibility index (Phi) is 4.58. The third-order valence-electron chi connectivity index (χ3n) is 5.02. The minimum absolute atomic E-state index is 0.239. The van der Waals surface area contributed by atoms with E-state index in [0.717, 1.165) is 10.5 Å². The molecule has 1 aromatic carbocycles. The van der Waals surface area contributed by atoms with Crippen molar-refractivity contribution in [1.82, 2.24) is 14.7 Å². The summed E-state index contributed by atoms with van der Waals surface area (Å²) in [6, 6.07) is 9.28. The fraction of sp³-hybridized carbons (Fsp3) is 0.300. The lowest BCUT2D eigenvalue weighted by Crippen LogP contribution is -2.38. The Bertz CT molecular complexity index is 878. The SMILES string of the molecule is O=C(CN1C(=O)C2CC=CCC2C1=O)Nc1cccc(Cn2cccn2)c1. The molecular formula is C20H20N4O3. The van der Waals surface area contributed by atoms with Crippen LogP contribution in [0.4, 0.5) is 5.69 Å². The van der Waals surface area contributed by atoms with Gasteiger partial charge in [-0.25, -0.2) is 0 Å². The van der Waals surface area contributed by atoms with E-state index in [0.29, 0.717) is 25.1 Å². The van der Waals surface area contributed by atoms with Crippen LogP contribution >= 0.6 is 0 Å². The molecular weight excluding hydrogens is 344 g/mol. The summed E-state index contributed by atoms with van der Waals surface area (Å²) in [5.74, 6) is -1.48. The Labute approximate surface area is 156 Å². The van der Waals surface area contributed by atoms with Crippen LogP contribution in [0.2, 0.25) is 0 Å². The first-order valence-electron chi connectivity index (χ1n) is 8.98. The lowest BCUT2D eigenvalue weighted by molar-refractivity contribution is -0.142. The number of hydrogen-bond acceptors (Lipinski definition) is 4. The number of imide groups is 1. The Morgan fingerprint density at radius 3 is 2.52 bits per heavy atom. The van der Waals surface area contributed by atoms with Gasteiger partial charge in [-0.2, -0.15) is 5.10 Å². The van der Waals surface area contributed by atoms with Crippen LogP contribution in [0.1, 0.15) is 18.4 Å². The highest BCUT2D eigenvalue weighted by molar-refractivity contribution is 6.08. The highest BCUT2D eigenvalue weighted by atomic mass is 16.2. The van der Waals surface area contributed by atoms with Gasteiger partial charge in [0.25, 0.3) is 0 Å². The summed E-state index contributed by atoms with van der Waals surface area (Å²) in [6.07, 6.45) is 8.58. The smallest absolute Gasteiger partial charge is 0.244 e. The number of hydrogen-bond donors (Lipinski definition) is 1. The summed E-state index contributed by atoms with van der Waals surface area (Å²) >= 11 is 0. The Hall–Kier alpha value is -3.22. The Morgan fingerprint density at radius 1 is 1.11 bits per heavy atom. The predicted molar refractivity (Wildman–Crippen MR) is 98.5 cm³/mol. The number of carbonyl (C=O) groups is 3. The van der Waals surface area contributed by atoms with Crippen molar-refractivity contribution in [3.05, 3.63) is 60.4 Å². The topological polar surface area (TPSA) is 84.3 Å². The van der Waals surface area contributed by atoms with Crippen molar-refractivity contribution in [1.29, 1.82) is 0 Å². The number of benzene rings is 1. The first kappa shape index (κ1) is 17.2. The van der Waals surface area contributed by atoms with E-state index in [-0.39, 0.29) is 36.1 Å². The van der Waals surface area contributed by atoms with Crippen LogP contribution < -0.4 is 5.32 Å². The second-order valence-electron chi connectivity index (χ2n) is 6.87. The van der Waals surface area contributed by atoms with Crippen LogP contribution in [0, 0.1) is 11.8 Å². The number of rotatable bonds is 5. The molecule has 1 aliphatic carbocycles. The Morgan fingerprint density at radius 2 is 1.85 bits per heavy atom. The van der Waals surface area contributed by atoms with E-state index in [1.54, 1.807) is 16.9 Å². The molecule has 1 fully saturated rings. The van der Waals surface area contributed by atoms with Crippen LogP contribution in [-0.4, -0.2) is 38.9 Å². The zero-order valence-electron chi connectivity index (χ0n) is 14.7. The monoisotopic (exact) mass is 364 g/mol. The number of anilines is 1. The van der Waals surface area contributed by atoms with Gasteiger partial charge in [-0.3, -0.25) is 24.0 Å². The first-order valence-corrected chi connectivity index (χ1v) is 8.98. The molecule has 7 nitrogen and oxygen atoms in total. The molecule has 7 heteroatoms. The number of aromatic nitrogens is 2. The van der Waals surface area contributed by atoms with E-state index in [1.165, 1.54) is 0 Å². The van der Waals surface area contributed by atoms with Gasteiger partial charge < -0.3 is 5.32 Å². The third kappa shape index (κ3) is 3.53. The summed E-state index contributed by atoms with van der Waals surface area (Å²) in [5.41, 5.74) is 1.62. The van der Waals surface area contributed by atoms with Gasteiger partial charge in [0.2, 0.25) is 17.7 Å². The fourth-order valence-electron chi connectivity index (χ4n) is 3.70. The molecule has 1 aromatic heterocycles. The molecule has 0 radical (unpaired) electrons. The predicted octanol–water partition coefficient (Wildman–Crippen LogP) is 1.82. The minimum Gasteiger partial charge on any atom is -0.325 e. The van der Waals surface area contributed by atoms with Gasteiger partial charge in [0, 0.05) is 18.1 Å². The van der Waals surface area contributed by atoms with E-state index in [2.05, 4.69) is 10.4 Å². The van der Waals surface area contributed by atoms with Crippen LogP contribution in [-0.2, 0) is 20.9 Å². The molecule has 2 atom stereocenters. The summed E-state index contributed by atoms with van der Waals surface area (Å²) in [4.78, 5) is 38.4. The van der Waals surface area contributed by atoms with Crippen molar-refractivity contribution < 1.29 is 14.4 Å². The van der Waals surface area contributed by atoms with Crippen LogP contribution in [0.3, 0.4) is 0 Å². The van der Waals surface area contributed by atoms with Gasteiger partial charge in [0.15, 0.2) is 0 Å². The van der Waals surface area contributed by atoms with Crippen molar-refractivity contribution in [2.75, 3.05) is 11.9 Å². The van der Waals surface area contributed by atoms with Gasteiger partial charge in [0.05, 0.1) is 18.4 Å². The number of fused-ring (bicyclic) bond motifs is 1. The van der Waals surface area contributed by atoms with E-state index < -0.39 is 0 Å². The summed E-state index contributed by atoms with van der Waals surface area (Å²) in [7, 11) is 0. The molecule has 138 valence electrons. The molecule has 0 bridgehead atoms. The molecule has 1 aliphatic heterocycles. The van der Waals surface area contributed by atoms with Crippen LogP contribution in [0.5, 0.6) is 0 Å². The van der Waals surface area contributed by atoms with Gasteiger partial charge in [-0.15, -0.1) is 0 Å². The highest BCUT2D eigenvalue weighted by Gasteiger charge is 2.47. The number of allylic oxidation sites excluding steroid dienone is 2. The van der Waals surface area contributed by atoms with Crippen LogP contribution in [0.25, 0.3) is 0 Å². The van der Waals surface area contributed by atoms with Crippen LogP contribution in [0.15, 0.2) is 54.9 Å². The molecule has 4 rings (SSSR count). The second-order valence-corrected chi connectivity index (χ2v) is 6.87. The van der Waals surface area contributed by atoms with E-state index in [4.69, 9.17) is 0 Å². The lowest BCUT2D eigenvalue weighted by Gasteiger charge is -2.15. The molecule has 0 spiro atoms. The summed E-state index contributed by atoms with van der Waals surface area (Å²) in [6.45, 7) is 0.351. The minimum atomic E-state index is -0.375. The van der Waals surface area contributed by atoms with E-state index in [1.807, 2.05) is 42.6 Å². The van der Waals surface area contributed by atoms with E-state index in [9.17, 15) is 14.4 Å². The molecule has 2 heterocycles. The number of nitrogens with zero attached hydrogens (tertiary/aromatic N) is 3. The van der Waals surface area contributed by atoms with Crippen molar-refractivity contribution in [2.24, 2.45) is 11.8 Å². The third-order valence-corrected chi connectivity index (χ3v) is 5.02.